The lowest BCUT2D eigenvalue weighted by atomic mass is 10.4. The van der Waals surface area contributed by atoms with Crippen LogP contribution in [-0.4, -0.2) is 20.3 Å². The lowest BCUT2D eigenvalue weighted by Crippen LogP contribution is -2.27. The van der Waals surface area contributed by atoms with Gasteiger partial charge >= 0.3 is 0 Å². The highest BCUT2D eigenvalue weighted by atomic mass is 16.2. The first-order valence-corrected chi connectivity index (χ1v) is 5.30. The van der Waals surface area contributed by atoms with Gasteiger partial charge in [0.2, 0.25) is 5.91 Å². The molecule has 0 bridgehead atoms. The Bertz CT molecular complexity index is 628. The van der Waals surface area contributed by atoms with Crippen molar-refractivity contribution in [2.75, 3.05) is 11.1 Å². The van der Waals surface area contributed by atoms with E-state index in [-0.39, 0.29) is 18.0 Å². The Hall–Kier alpha value is -2.57. The van der Waals surface area contributed by atoms with Gasteiger partial charge in [0.1, 0.15) is 6.54 Å². The summed E-state index contributed by atoms with van der Waals surface area (Å²) in [7, 11) is 1.75. The lowest BCUT2D eigenvalue weighted by Gasteiger charge is -2.05. The molecule has 0 aliphatic rings. The summed E-state index contributed by atoms with van der Waals surface area (Å²) in [5.41, 5.74) is 5.71. The van der Waals surface area contributed by atoms with Crippen molar-refractivity contribution in [3.05, 3.63) is 40.9 Å². The predicted octanol–water partition coefficient (Wildman–Crippen LogP) is -0.197. The molecule has 3 N–H and O–H groups in total. The summed E-state index contributed by atoms with van der Waals surface area (Å²) < 4.78 is 2.82. The van der Waals surface area contributed by atoms with Gasteiger partial charge in [-0.25, -0.2) is 0 Å². The Morgan fingerprint density at radius 1 is 1.44 bits per heavy atom. The van der Waals surface area contributed by atoms with E-state index in [1.54, 1.807) is 24.0 Å². The van der Waals surface area contributed by atoms with Gasteiger partial charge in [0.15, 0.2) is 5.82 Å². The van der Waals surface area contributed by atoms with E-state index in [9.17, 15) is 9.59 Å². The van der Waals surface area contributed by atoms with Crippen LogP contribution in [0.15, 0.2) is 35.4 Å². The highest BCUT2D eigenvalue weighted by molar-refractivity contribution is 5.89. The highest BCUT2D eigenvalue weighted by Gasteiger charge is 2.06. The largest absolute Gasteiger partial charge is 0.398 e. The number of carbonyl (C=O) groups excluding carboxylic acids is 1. The molecule has 2 aromatic rings. The average molecular weight is 247 g/mol. The molecule has 2 rings (SSSR count). The Morgan fingerprint density at radius 2 is 2.22 bits per heavy atom. The number of hydrogen-bond acceptors (Lipinski definition) is 4. The average Bonchev–Trinajstić information content (AvgIpc) is 2.69. The molecule has 94 valence electrons. The molecule has 0 fully saturated rings. The van der Waals surface area contributed by atoms with Crippen LogP contribution in [0.25, 0.3) is 0 Å². The molecule has 0 spiro atoms. The van der Waals surface area contributed by atoms with Crippen LogP contribution in [0.4, 0.5) is 11.5 Å². The van der Waals surface area contributed by atoms with Crippen LogP contribution in [-0.2, 0) is 18.4 Å². The third kappa shape index (κ3) is 2.76. The van der Waals surface area contributed by atoms with Crippen molar-refractivity contribution < 1.29 is 4.79 Å². The topological polar surface area (TPSA) is 94.9 Å². The molecule has 0 atom stereocenters. The van der Waals surface area contributed by atoms with Gasteiger partial charge in [0.25, 0.3) is 5.56 Å². The number of hydrogen-bond donors (Lipinski definition) is 2. The van der Waals surface area contributed by atoms with Crippen LogP contribution < -0.4 is 16.6 Å². The zero-order valence-corrected chi connectivity index (χ0v) is 9.83. The summed E-state index contributed by atoms with van der Waals surface area (Å²) in [6, 6.07) is 4.49. The Morgan fingerprint density at radius 3 is 2.89 bits per heavy atom. The summed E-state index contributed by atoms with van der Waals surface area (Å²) in [5.74, 6) is 0.112. The number of carbonyl (C=O) groups is 1. The number of aromatic nitrogens is 3. The van der Waals surface area contributed by atoms with Crippen molar-refractivity contribution in [3.63, 3.8) is 0 Å². The molecular weight excluding hydrogens is 234 g/mol. The van der Waals surface area contributed by atoms with Crippen LogP contribution in [0.3, 0.4) is 0 Å². The van der Waals surface area contributed by atoms with Gasteiger partial charge in [0.05, 0.1) is 0 Å². The number of pyridine rings is 1. The molecular formula is C11H13N5O2. The standard InChI is InChI=1S/C11H13N5O2/c1-15-5-4-9(14-15)13-10(17)7-16-6-8(12)2-3-11(16)18/h2-6H,7,12H2,1H3,(H,13,14,17). The summed E-state index contributed by atoms with van der Waals surface area (Å²) in [6.07, 6.45) is 3.14. The molecule has 18 heavy (non-hydrogen) atoms. The fraction of sp³-hybridized carbons (Fsp3) is 0.182. The minimum absolute atomic E-state index is 0.0968. The van der Waals surface area contributed by atoms with Crippen molar-refractivity contribution in [3.8, 4) is 0 Å². The maximum absolute atomic E-state index is 11.7. The van der Waals surface area contributed by atoms with Gasteiger partial charge < -0.3 is 15.6 Å². The number of rotatable bonds is 3. The molecule has 0 radical (unpaired) electrons. The molecule has 0 aliphatic carbocycles. The summed E-state index contributed by atoms with van der Waals surface area (Å²) in [5, 5.41) is 6.59. The van der Waals surface area contributed by atoms with Crippen LogP contribution in [0.2, 0.25) is 0 Å². The zero-order valence-electron chi connectivity index (χ0n) is 9.83. The fourth-order valence-corrected chi connectivity index (χ4v) is 1.49. The van der Waals surface area contributed by atoms with Crippen LogP contribution in [0.5, 0.6) is 0 Å². The summed E-state index contributed by atoms with van der Waals surface area (Å²) in [4.78, 5) is 23.2. The van der Waals surface area contributed by atoms with E-state index >= 15 is 0 Å². The van der Waals surface area contributed by atoms with E-state index in [0.29, 0.717) is 11.5 Å². The maximum Gasteiger partial charge on any atom is 0.251 e. The van der Waals surface area contributed by atoms with Gasteiger partial charge in [-0.2, -0.15) is 5.10 Å². The number of nitrogens with two attached hydrogens (primary N) is 1. The van der Waals surface area contributed by atoms with Gasteiger partial charge in [-0.3, -0.25) is 14.3 Å². The van der Waals surface area contributed by atoms with Gasteiger partial charge in [-0.05, 0) is 6.07 Å². The van der Waals surface area contributed by atoms with Crippen molar-refractivity contribution in [2.24, 2.45) is 7.05 Å². The van der Waals surface area contributed by atoms with E-state index in [4.69, 9.17) is 5.73 Å². The van der Waals surface area contributed by atoms with E-state index in [1.165, 1.54) is 22.9 Å². The van der Waals surface area contributed by atoms with Gasteiger partial charge in [0, 0.05) is 37.3 Å². The second-order valence-electron chi connectivity index (χ2n) is 3.85. The van der Waals surface area contributed by atoms with Crippen molar-refractivity contribution in [1.82, 2.24) is 14.3 Å². The Kier molecular flexibility index (Phi) is 3.13. The monoisotopic (exact) mass is 247 g/mol. The third-order valence-corrected chi connectivity index (χ3v) is 2.30. The molecule has 0 saturated heterocycles. The molecule has 2 heterocycles. The molecule has 0 saturated carbocycles. The second kappa shape index (κ2) is 4.74. The predicted molar refractivity (Wildman–Crippen MR) is 67.0 cm³/mol. The molecule has 1 amide bonds. The number of nitrogens with zero attached hydrogens (tertiary/aromatic N) is 3. The number of amides is 1. The third-order valence-electron chi connectivity index (χ3n) is 2.30. The van der Waals surface area contributed by atoms with E-state index in [2.05, 4.69) is 10.4 Å². The highest BCUT2D eigenvalue weighted by Crippen LogP contribution is 2.01. The van der Waals surface area contributed by atoms with Crippen molar-refractivity contribution in [2.45, 2.75) is 6.54 Å². The van der Waals surface area contributed by atoms with Crippen LogP contribution >= 0.6 is 0 Å². The molecule has 2 aromatic heterocycles. The lowest BCUT2D eigenvalue weighted by molar-refractivity contribution is -0.116. The number of anilines is 2. The van der Waals surface area contributed by atoms with Crippen molar-refractivity contribution in [1.29, 1.82) is 0 Å². The van der Waals surface area contributed by atoms with Crippen LogP contribution in [0, 0.1) is 0 Å². The summed E-state index contributed by atoms with van der Waals surface area (Å²) in [6.45, 7) is -0.0968. The quantitative estimate of drug-likeness (QED) is 0.785. The van der Waals surface area contributed by atoms with E-state index < -0.39 is 0 Å². The second-order valence-corrected chi connectivity index (χ2v) is 3.85. The Balaban J connectivity index is 2.07. The van der Waals surface area contributed by atoms with Gasteiger partial charge in [-0.1, -0.05) is 0 Å². The fourth-order valence-electron chi connectivity index (χ4n) is 1.49. The van der Waals surface area contributed by atoms with Gasteiger partial charge in [-0.15, -0.1) is 0 Å². The molecule has 7 heteroatoms. The minimum atomic E-state index is -0.332. The molecule has 7 nitrogen and oxygen atoms in total. The number of aryl methyl sites for hydroxylation is 1. The SMILES string of the molecule is Cn1ccc(NC(=O)Cn2cc(N)ccc2=O)n1. The first kappa shape index (κ1) is 11.9. The maximum atomic E-state index is 11.7. The number of nitrogen functional groups attached to an aromatic ring is 1. The molecule has 0 unspecified atom stereocenters. The molecule has 0 aromatic carbocycles. The zero-order chi connectivity index (χ0) is 13.1. The van der Waals surface area contributed by atoms with E-state index in [1.807, 2.05) is 0 Å². The van der Waals surface area contributed by atoms with Crippen LogP contribution in [0.1, 0.15) is 0 Å². The van der Waals surface area contributed by atoms with E-state index in [0.717, 1.165) is 0 Å². The van der Waals surface area contributed by atoms with Crippen molar-refractivity contribution >= 4 is 17.4 Å². The normalized spacial score (nSPS) is 10.3. The first-order chi connectivity index (χ1) is 8.54. The smallest absolute Gasteiger partial charge is 0.251 e. The summed E-state index contributed by atoms with van der Waals surface area (Å²) >= 11 is 0. The number of nitrogens with one attached hydrogen (secondary N) is 1. The first-order valence-electron chi connectivity index (χ1n) is 5.30. The molecule has 0 aliphatic heterocycles. The minimum Gasteiger partial charge on any atom is -0.398 e. The Labute approximate surface area is 103 Å².